The minimum atomic E-state index is -0.112. The quantitative estimate of drug-likeness (QED) is 0.635. The van der Waals surface area contributed by atoms with E-state index in [1.165, 1.54) is 11.8 Å². The Morgan fingerprint density at radius 2 is 2.05 bits per heavy atom. The molecule has 0 radical (unpaired) electrons. The van der Waals surface area contributed by atoms with Crippen LogP contribution >= 0.6 is 23.1 Å². The van der Waals surface area contributed by atoms with Gasteiger partial charge in [-0.05, 0) is 23.9 Å². The topological polar surface area (TPSA) is 45.0 Å². The van der Waals surface area contributed by atoms with Crippen molar-refractivity contribution in [3.05, 3.63) is 58.3 Å². The lowest BCUT2D eigenvalue weighted by Crippen LogP contribution is -2.30. The lowest BCUT2D eigenvalue weighted by molar-refractivity contribution is -0.126. The van der Waals surface area contributed by atoms with E-state index in [0.717, 1.165) is 10.4 Å². The van der Waals surface area contributed by atoms with E-state index < -0.39 is 0 Å². The summed E-state index contributed by atoms with van der Waals surface area (Å²) in [5.41, 5.74) is 1.08. The molecule has 1 fully saturated rings. The molecule has 6 heteroatoms. The Balaban J connectivity index is 1.77. The summed E-state index contributed by atoms with van der Waals surface area (Å²) in [6.45, 7) is 2.43. The zero-order valence-corrected chi connectivity index (χ0v) is 13.7. The monoisotopic (exact) mass is 329 g/mol. The number of hydrogen-bond donors (Lipinski definition) is 0. The average Bonchev–Trinajstić information content (AvgIpc) is 3.13. The first kappa shape index (κ1) is 15.0. The van der Waals surface area contributed by atoms with Gasteiger partial charge in [-0.15, -0.1) is 16.4 Å². The number of rotatable bonds is 4. The van der Waals surface area contributed by atoms with Gasteiger partial charge in [0.25, 0.3) is 0 Å². The van der Waals surface area contributed by atoms with Crippen molar-refractivity contribution in [1.82, 2.24) is 4.90 Å². The van der Waals surface area contributed by atoms with Crippen LogP contribution in [0, 0.1) is 0 Å². The Kier molecular flexibility index (Phi) is 4.70. The van der Waals surface area contributed by atoms with Crippen molar-refractivity contribution < 1.29 is 4.79 Å². The highest BCUT2D eigenvalue weighted by Gasteiger charge is 2.35. The van der Waals surface area contributed by atoms with E-state index in [-0.39, 0.29) is 11.2 Å². The molecule has 1 atom stereocenters. The first-order valence-electron chi connectivity index (χ1n) is 6.90. The summed E-state index contributed by atoms with van der Waals surface area (Å²) in [5, 5.41) is 10.9. The van der Waals surface area contributed by atoms with E-state index in [9.17, 15) is 4.79 Å². The number of nitrogens with zero attached hydrogens (tertiary/aromatic N) is 3. The van der Waals surface area contributed by atoms with Crippen LogP contribution in [0.3, 0.4) is 0 Å². The third kappa shape index (κ3) is 3.45. The summed E-state index contributed by atoms with van der Waals surface area (Å²) < 4.78 is 0. The van der Waals surface area contributed by atoms with Crippen molar-refractivity contribution >= 4 is 40.4 Å². The predicted molar refractivity (Wildman–Crippen MR) is 93.4 cm³/mol. The van der Waals surface area contributed by atoms with E-state index in [1.807, 2.05) is 54.8 Å². The molecule has 1 aliphatic heterocycles. The van der Waals surface area contributed by atoms with Crippen LogP contribution in [0.5, 0.6) is 0 Å². The number of amidine groups is 1. The lowest BCUT2D eigenvalue weighted by Gasteiger charge is -2.15. The smallest absolute Gasteiger partial charge is 0.242 e. The maximum absolute atomic E-state index is 12.3. The molecule has 2 heterocycles. The molecule has 0 bridgehead atoms. The van der Waals surface area contributed by atoms with Crippen LogP contribution in [0.25, 0.3) is 0 Å². The van der Waals surface area contributed by atoms with Gasteiger partial charge in [0.15, 0.2) is 5.17 Å². The minimum Gasteiger partial charge on any atom is -0.284 e. The molecule has 0 saturated carbocycles. The highest BCUT2D eigenvalue weighted by molar-refractivity contribution is 8.15. The molecule has 4 nitrogen and oxygen atoms in total. The van der Waals surface area contributed by atoms with Crippen molar-refractivity contribution in [3.63, 3.8) is 0 Å². The molecule has 1 saturated heterocycles. The molecular formula is C16H15N3OS2. The third-order valence-corrected chi connectivity index (χ3v) is 5.06. The zero-order valence-electron chi connectivity index (χ0n) is 12.0. The van der Waals surface area contributed by atoms with Crippen LogP contribution < -0.4 is 0 Å². The number of carbonyl (C=O) groups is 1. The van der Waals surface area contributed by atoms with Crippen molar-refractivity contribution in [2.45, 2.75) is 18.7 Å². The molecule has 1 aromatic heterocycles. The third-order valence-electron chi connectivity index (χ3n) is 3.18. The first-order valence-corrected chi connectivity index (χ1v) is 8.66. The zero-order chi connectivity index (χ0) is 15.4. The number of amides is 1. The molecule has 1 aromatic carbocycles. The predicted octanol–water partition coefficient (Wildman–Crippen LogP) is 3.60. The summed E-state index contributed by atoms with van der Waals surface area (Å²) >= 11 is 3.06. The van der Waals surface area contributed by atoms with Gasteiger partial charge in [0.1, 0.15) is 0 Å². The van der Waals surface area contributed by atoms with Crippen LogP contribution in [0.2, 0.25) is 0 Å². The Hall–Kier alpha value is -1.92. The van der Waals surface area contributed by atoms with Gasteiger partial charge in [-0.2, -0.15) is 5.10 Å². The van der Waals surface area contributed by atoms with E-state index in [2.05, 4.69) is 10.2 Å². The summed E-state index contributed by atoms with van der Waals surface area (Å²) in [7, 11) is 0. The Labute approximate surface area is 137 Å². The Morgan fingerprint density at radius 1 is 1.23 bits per heavy atom. The average molecular weight is 329 g/mol. The number of benzene rings is 1. The Morgan fingerprint density at radius 3 is 2.77 bits per heavy atom. The van der Waals surface area contributed by atoms with E-state index in [1.54, 1.807) is 22.5 Å². The second-order valence-electron chi connectivity index (χ2n) is 4.81. The lowest BCUT2D eigenvalue weighted by atomic mass is 10.2. The van der Waals surface area contributed by atoms with Gasteiger partial charge in [0.2, 0.25) is 5.91 Å². The maximum Gasteiger partial charge on any atom is 0.242 e. The number of carbonyl (C=O) groups excluding carboxylic acids is 1. The van der Waals surface area contributed by atoms with Gasteiger partial charge in [-0.25, -0.2) is 0 Å². The van der Waals surface area contributed by atoms with E-state index in [0.29, 0.717) is 11.7 Å². The SMILES string of the molecule is C[C@@H]1S/C(=N/N=C\c2cccs2)N(Cc2ccccc2)C1=O. The fraction of sp³-hybridized carbons (Fsp3) is 0.188. The summed E-state index contributed by atoms with van der Waals surface area (Å²) in [6.07, 6.45) is 1.71. The van der Waals surface area contributed by atoms with Gasteiger partial charge in [0.05, 0.1) is 18.0 Å². The molecule has 1 amide bonds. The summed E-state index contributed by atoms with van der Waals surface area (Å²) in [6, 6.07) is 13.9. The molecule has 0 spiro atoms. The fourth-order valence-corrected chi connectivity index (χ4v) is 3.57. The second kappa shape index (κ2) is 6.89. The number of hydrogen-bond acceptors (Lipinski definition) is 5. The minimum absolute atomic E-state index is 0.0823. The van der Waals surface area contributed by atoms with Crippen LogP contribution in [0.15, 0.2) is 58.0 Å². The highest BCUT2D eigenvalue weighted by Crippen LogP contribution is 2.28. The molecule has 1 aliphatic rings. The maximum atomic E-state index is 12.3. The van der Waals surface area contributed by atoms with Crippen LogP contribution in [0.4, 0.5) is 0 Å². The molecule has 0 aliphatic carbocycles. The van der Waals surface area contributed by atoms with Crippen molar-refractivity contribution in [2.75, 3.05) is 0 Å². The number of thiophene rings is 1. The van der Waals surface area contributed by atoms with Crippen molar-refractivity contribution in [3.8, 4) is 0 Å². The van der Waals surface area contributed by atoms with Crippen molar-refractivity contribution in [2.24, 2.45) is 10.2 Å². The first-order chi connectivity index (χ1) is 10.7. The van der Waals surface area contributed by atoms with Gasteiger partial charge in [0, 0.05) is 4.88 Å². The normalized spacial score (nSPS) is 20.4. The molecule has 22 heavy (non-hydrogen) atoms. The standard InChI is InChI=1S/C16H15N3OS2/c1-12-15(20)19(11-13-6-3-2-4-7-13)16(22-12)18-17-10-14-8-5-9-21-14/h2-10,12H,11H2,1H3/b17-10-,18-16+/t12-/m0/s1. The molecule has 112 valence electrons. The largest absolute Gasteiger partial charge is 0.284 e. The molecule has 0 unspecified atom stereocenters. The van der Waals surface area contributed by atoms with Crippen molar-refractivity contribution in [1.29, 1.82) is 0 Å². The molecular weight excluding hydrogens is 314 g/mol. The summed E-state index contributed by atoms with van der Waals surface area (Å²) in [4.78, 5) is 15.0. The number of thioether (sulfide) groups is 1. The van der Waals surface area contributed by atoms with Crippen LogP contribution in [-0.4, -0.2) is 27.4 Å². The van der Waals surface area contributed by atoms with Crippen LogP contribution in [0.1, 0.15) is 17.4 Å². The highest BCUT2D eigenvalue weighted by atomic mass is 32.2. The molecule has 0 N–H and O–H groups in total. The fourth-order valence-electron chi connectivity index (χ4n) is 2.07. The second-order valence-corrected chi connectivity index (χ2v) is 7.10. The molecule has 2 aromatic rings. The van der Waals surface area contributed by atoms with E-state index >= 15 is 0 Å². The van der Waals surface area contributed by atoms with Crippen LogP contribution in [-0.2, 0) is 11.3 Å². The molecule has 3 rings (SSSR count). The van der Waals surface area contributed by atoms with E-state index in [4.69, 9.17) is 0 Å². The van der Waals surface area contributed by atoms with Gasteiger partial charge < -0.3 is 0 Å². The Bertz CT molecular complexity index is 695. The summed E-state index contributed by atoms with van der Waals surface area (Å²) in [5.74, 6) is 0.0823. The van der Waals surface area contributed by atoms with Gasteiger partial charge >= 0.3 is 0 Å². The van der Waals surface area contributed by atoms with Gasteiger partial charge in [-0.1, -0.05) is 48.2 Å². The van der Waals surface area contributed by atoms with Gasteiger partial charge in [-0.3, -0.25) is 9.69 Å².